The van der Waals surface area contributed by atoms with Crippen molar-refractivity contribution >= 4 is 22.4 Å². The summed E-state index contributed by atoms with van der Waals surface area (Å²) < 4.78 is 99.1. The van der Waals surface area contributed by atoms with E-state index < -0.39 is 47.9 Å². The number of halogens is 6. The second-order valence-electron chi connectivity index (χ2n) is 11.7. The third kappa shape index (κ3) is 3.68. The van der Waals surface area contributed by atoms with Gasteiger partial charge in [0.05, 0.1) is 0 Å². The van der Waals surface area contributed by atoms with Gasteiger partial charge in [-0.15, -0.1) is 0 Å². The predicted molar refractivity (Wildman–Crippen MR) is 124 cm³/mol. The molecule has 0 radical (unpaired) electrons. The van der Waals surface area contributed by atoms with Crippen LogP contribution in [-0.4, -0.2) is 25.9 Å². The number of alkyl halides is 6. The van der Waals surface area contributed by atoms with Crippen molar-refractivity contribution in [3.63, 3.8) is 0 Å². The Balaban J connectivity index is 2.08. The summed E-state index contributed by atoms with van der Waals surface area (Å²) in [7, 11) is 0. The summed E-state index contributed by atoms with van der Waals surface area (Å²) >= 11 is -4.66. The Morgan fingerprint density at radius 2 is 0.914 bits per heavy atom. The molecule has 0 fully saturated rings. The fourth-order valence-electron chi connectivity index (χ4n) is 4.48. The fraction of sp³-hybridized carbons (Fsp3) is 0.538. The van der Waals surface area contributed by atoms with E-state index in [0.717, 1.165) is 13.8 Å². The molecule has 2 unspecified atom stereocenters. The van der Waals surface area contributed by atoms with Crippen molar-refractivity contribution in [1.82, 2.24) is 0 Å². The summed E-state index contributed by atoms with van der Waals surface area (Å²) in [6, 6.07) is 9.14. The number of hydrogen-bond acceptors (Lipinski definition) is 2. The van der Waals surface area contributed by atoms with Gasteiger partial charge in [-0.25, -0.2) is 0 Å². The Morgan fingerprint density at radius 1 is 0.600 bits per heavy atom. The number of fused-ring (bicyclic) bond motifs is 4. The Hall–Kier alpha value is -1.54. The van der Waals surface area contributed by atoms with Crippen LogP contribution in [0.5, 0.6) is 0 Å². The molecule has 2 nitrogen and oxygen atoms in total. The molecule has 2 aliphatic rings. The van der Waals surface area contributed by atoms with Gasteiger partial charge in [-0.05, 0) is 0 Å². The molecule has 0 saturated carbocycles. The zero-order valence-corrected chi connectivity index (χ0v) is 22.7. The maximum atomic E-state index is 14.5. The van der Waals surface area contributed by atoms with E-state index in [9.17, 15) is 26.3 Å². The molecule has 194 valence electrons. The van der Waals surface area contributed by atoms with Crippen LogP contribution in [0, 0.1) is 0 Å². The molecule has 0 bridgehead atoms. The molecular weight excluding hydrogens is 537 g/mol. The van der Waals surface area contributed by atoms with Gasteiger partial charge in [0.2, 0.25) is 0 Å². The molecule has 9 heteroatoms. The van der Waals surface area contributed by atoms with Gasteiger partial charge < -0.3 is 0 Å². The van der Waals surface area contributed by atoms with Gasteiger partial charge in [-0.3, -0.25) is 0 Å². The second-order valence-corrected chi connectivity index (χ2v) is 16.3. The Morgan fingerprint density at radius 3 is 1.17 bits per heavy atom. The van der Waals surface area contributed by atoms with Crippen LogP contribution < -0.4 is 8.92 Å². The van der Waals surface area contributed by atoms with Crippen molar-refractivity contribution in [1.29, 1.82) is 0 Å². The van der Waals surface area contributed by atoms with Gasteiger partial charge in [0.1, 0.15) is 0 Å². The number of benzene rings is 2. The normalized spacial score (nSPS) is 30.8. The molecule has 2 heterocycles. The summed E-state index contributed by atoms with van der Waals surface area (Å²) in [5.74, 6) is 0. The van der Waals surface area contributed by atoms with Crippen LogP contribution in [0.1, 0.15) is 77.6 Å². The average Bonchev–Trinajstić information content (AvgIpc) is 3.10. The minimum atomic E-state index is -4.87. The summed E-state index contributed by atoms with van der Waals surface area (Å²) in [5.41, 5.74) is -5.65. The maximum absolute atomic E-state index is 14.5. The number of hydrogen-bond donors (Lipinski definition) is 0. The van der Waals surface area contributed by atoms with Gasteiger partial charge in [0, 0.05) is 0 Å². The predicted octanol–water partition coefficient (Wildman–Crippen LogP) is 6.45. The van der Waals surface area contributed by atoms with Crippen molar-refractivity contribution in [2.75, 3.05) is 0 Å². The van der Waals surface area contributed by atoms with Crippen LogP contribution in [0.15, 0.2) is 36.4 Å². The van der Waals surface area contributed by atoms with Crippen LogP contribution in [-0.2, 0) is 29.7 Å². The summed E-state index contributed by atoms with van der Waals surface area (Å²) in [6.45, 7) is 12.9. The standard InChI is InChI=1S/C26H30F6O2Se/c1-21(2,3)15-9-11-19-17(13-15)23(7,25(27,28)29)33-35(19)20-12-10-16(22(4,5)6)14-18(20)24(8,34-35)26(30,31)32/h9-14H,1-8H3. The summed E-state index contributed by atoms with van der Waals surface area (Å²) in [5, 5.41) is 0. The molecule has 0 amide bonds. The molecule has 2 aromatic carbocycles. The number of rotatable bonds is 0. The van der Waals surface area contributed by atoms with E-state index in [0.29, 0.717) is 11.1 Å². The van der Waals surface area contributed by atoms with Gasteiger partial charge in [0.15, 0.2) is 0 Å². The van der Waals surface area contributed by atoms with Gasteiger partial charge in [0.25, 0.3) is 0 Å². The molecular formula is C26H30F6O2Se. The third-order valence-corrected chi connectivity index (χ3v) is 13.3. The summed E-state index contributed by atoms with van der Waals surface area (Å²) in [6.07, 6.45) is -9.74. The van der Waals surface area contributed by atoms with Crippen LogP contribution >= 0.6 is 0 Å². The van der Waals surface area contributed by atoms with E-state index in [1.54, 1.807) is 12.1 Å². The fourth-order valence-corrected chi connectivity index (χ4v) is 11.9. The van der Waals surface area contributed by atoms with E-state index in [4.69, 9.17) is 7.64 Å². The molecule has 2 aliphatic heterocycles. The zero-order valence-electron chi connectivity index (χ0n) is 21.0. The van der Waals surface area contributed by atoms with E-state index >= 15 is 0 Å². The van der Waals surface area contributed by atoms with Crippen LogP contribution in [0.25, 0.3) is 0 Å². The molecule has 2 atom stereocenters. The first kappa shape index (κ1) is 26.5. The molecule has 2 aromatic rings. The molecule has 0 aromatic heterocycles. The molecule has 0 saturated heterocycles. The minimum absolute atomic E-state index is 0.0896. The van der Waals surface area contributed by atoms with Crippen LogP contribution in [0.3, 0.4) is 0 Å². The topological polar surface area (TPSA) is 18.5 Å². The van der Waals surface area contributed by atoms with Crippen LogP contribution in [0.2, 0.25) is 0 Å². The quantitative estimate of drug-likeness (QED) is 0.269. The second kappa shape index (κ2) is 7.27. The Labute approximate surface area is 204 Å². The Kier molecular flexibility index (Phi) is 5.51. The van der Waals surface area contributed by atoms with Crippen molar-refractivity contribution in [3.8, 4) is 0 Å². The average molecular weight is 567 g/mol. The molecule has 0 aliphatic carbocycles. The van der Waals surface area contributed by atoms with Gasteiger partial charge >= 0.3 is 205 Å². The first-order valence-electron chi connectivity index (χ1n) is 11.3. The van der Waals surface area contributed by atoms with Crippen LogP contribution in [0.4, 0.5) is 26.3 Å². The third-order valence-electron chi connectivity index (χ3n) is 6.95. The van der Waals surface area contributed by atoms with Crippen molar-refractivity contribution < 1.29 is 34.0 Å². The Bertz CT molecular complexity index is 1090. The molecule has 4 rings (SSSR count). The van der Waals surface area contributed by atoms with Crippen molar-refractivity contribution in [3.05, 3.63) is 58.7 Å². The molecule has 0 N–H and O–H groups in total. The first-order valence-corrected chi connectivity index (χ1v) is 14.4. The van der Waals surface area contributed by atoms with Crippen molar-refractivity contribution in [2.24, 2.45) is 0 Å². The van der Waals surface area contributed by atoms with Crippen molar-refractivity contribution in [2.45, 2.75) is 89.8 Å². The SMILES string of the molecule is CC(C)(C)c1ccc2c(c1)C(C)(C(F)(F)F)O[Se]21OC(C)(C(F)(F)F)c2cc(C(C)(C)C)ccc21. The van der Waals surface area contributed by atoms with Gasteiger partial charge in [-0.1, -0.05) is 0 Å². The van der Waals surface area contributed by atoms with E-state index in [1.807, 2.05) is 41.5 Å². The first-order chi connectivity index (χ1) is 15.6. The summed E-state index contributed by atoms with van der Waals surface area (Å²) in [4.78, 5) is 0. The van der Waals surface area contributed by atoms with E-state index in [1.165, 1.54) is 24.3 Å². The van der Waals surface area contributed by atoms with E-state index in [-0.39, 0.29) is 20.1 Å². The monoisotopic (exact) mass is 568 g/mol. The molecule has 1 spiro atoms. The van der Waals surface area contributed by atoms with Gasteiger partial charge in [-0.2, -0.15) is 0 Å². The van der Waals surface area contributed by atoms with E-state index in [2.05, 4.69) is 0 Å². The molecule has 35 heavy (non-hydrogen) atoms. The zero-order chi connectivity index (χ0) is 26.6.